The lowest BCUT2D eigenvalue weighted by Crippen LogP contribution is -2.34. The van der Waals surface area contributed by atoms with Gasteiger partial charge in [0.25, 0.3) is 0 Å². The standard InChI is InChI=1S/C11H16BrN3/c1-4-11(2,3)15-14-8-10-6-5-9(12)7-13-10/h5-8,15H,4H2,1-3H3/b14-8+. The molecule has 0 saturated carbocycles. The second-order valence-electron chi connectivity index (χ2n) is 4.01. The predicted molar refractivity (Wildman–Crippen MR) is 67.0 cm³/mol. The molecule has 0 aliphatic rings. The van der Waals surface area contributed by atoms with Crippen LogP contribution in [0, 0.1) is 0 Å². The van der Waals surface area contributed by atoms with E-state index in [1.54, 1.807) is 12.4 Å². The van der Waals surface area contributed by atoms with Crippen molar-refractivity contribution < 1.29 is 0 Å². The molecule has 82 valence electrons. The number of aromatic nitrogens is 1. The van der Waals surface area contributed by atoms with Crippen LogP contribution in [0.4, 0.5) is 0 Å². The zero-order chi connectivity index (χ0) is 11.3. The van der Waals surface area contributed by atoms with Gasteiger partial charge in [-0.05, 0) is 48.3 Å². The van der Waals surface area contributed by atoms with Crippen LogP contribution in [0.15, 0.2) is 27.9 Å². The minimum absolute atomic E-state index is 0.0336. The van der Waals surface area contributed by atoms with E-state index in [-0.39, 0.29) is 5.54 Å². The highest BCUT2D eigenvalue weighted by atomic mass is 79.9. The molecule has 1 heterocycles. The molecule has 1 aromatic heterocycles. The summed E-state index contributed by atoms with van der Waals surface area (Å²) < 4.78 is 0.974. The van der Waals surface area contributed by atoms with Crippen LogP contribution in [0.2, 0.25) is 0 Å². The van der Waals surface area contributed by atoms with Crippen LogP contribution in [0.3, 0.4) is 0 Å². The third-order valence-corrected chi connectivity index (χ3v) is 2.67. The maximum absolute atomic E-state index is 4.19. The Bertz CT molecular complexity index is 330. The average Bonchev–Trinajstić information content (AvgIpc) is 2.21. The maximum Gasteiger partial charge on any atom is 0.0830 e. The molecule has 0 aliphatic heterocycles. The molecule has 0 aromatic carbocycles. The summed E-state index contributed by atoms with van der Waals surface area (Å²) in [6, 6.07) is 3.85. The zero-order valence-corrected chi connectivity index (χ0v) is 10.9. The summed E-state index contributed by atoms with van der Waals surface area (Å²) in [7, 11) is 0. The van der Waals surface area contributed by atoms with Crippen molar-refractivity contribution in [2.45, 2.75) is 32.7 Å². The molecule has 0 amide bonds. The Morgan fingerprint density at radius 3 is 2.80 bits per heavy atom. The molecule has 3 nitrogen and oxygen atoms in total. The number of pyridine rings is 1. The van der Waals surface area contributed by atoms with Gasteiger partial charge in [0.1, 0.15) is 0 Å². The first-order valence-electron chi connectivity index (χ1n) is 4.95. The van der Waals surface area contributed by atoms with Crippen LogP contribution >= 0.6 is 15.9 Å². The topological polar surface area (TPSA) is 37.3 Å². The molecule has 15 heavy (non-hydrogen) atoms. The molecule has 1 rings (SSSR count). The molecule has 0 aliphatic carbocycles. The molecule has 1 N–H and O–H groups in total. The van der Waals surface area contributed by atoms with E-state index in [0.717, 1.165) is 16.6 Å². The summed E-state index contributed by atoms with van der Waals surface area (Å²) in [5.41, 5.74) is 3.97. The second-order valence-corrected chi connectivity index (χ2v) is 4.92. The molecule has 0 saturated heterocycles. The molecule has 0 spiro atoms. The summed E-state index contributed by atoms with van der Waals surface area (Å²) in [4.78, 5) is 4.19. The van der Waals surface area contributed by atoms with Crippen molar-refractivity contribution in [2.24, 2.45) is 5.10 Å². The quantitative estimate of drug-likeness (QED) is 0.674. The van der Waals surface area contributed by atoms with Crippen LogP contribution in [-0.4, -0.2) is 16.7 Å². The molecule has 0 unspecified atom stereocenters. The van der Waals surface area contributed by atoms with Crippen molar-refractivity contribution in [2.75, 3.05) is 0 Å². The van der Waals surface area contributed by atoms with Gasteiger partial charge < -0.3 is 5.43 Å². The fourth-order valence-corrected chi connectivity index (χ4v) is 1.05. The lowest BCUT2D eigenvalue weighted by molar-refractivity contribution is 0.388. The van der Waals surface area contributed by atoms with Gasteiger partial charge in [0.2, 0.25) is 0 Å². The normalized spacial score (nSPS) is 12.0. The van der Waals surface area contributed by atoms with Crippen LogP contribution in [0.25, 0.3) is 0 Å². The smallest absolute Gasteiger partial charge is 0.0830 e. The molecule has 0 fully saturated rings. The Kier molecular flexibility index (Phi) is 4.27. The molecule has 1 aromatic rings. The lowest BCUT2D eigenvalue weighted by atomic mass is 10.0. The van der Waals surface area contributed by atoms with Crippen LogP contribution < -0.4 is 5.43 Å². The highest BCUT2D eigenvalue weighted by Gasteiger charge is 2.11. The monoisotopic (exact) mass is 269 g/mol. The van der Waals surface area contributed by atoms with Gasteiger partial charge in [-0.15, -0.1) is 0 Å². The average molecular weight is 270 g/mol. The maximum atomic E-state index is 4.19. The van der Waals surface area contributed by atoms with Crippen molar-refractivity contribution in [1.82, 2.24) is 10.4 Å². The minimum Gasteiger partial charge on any atom is -0.304 e. The summed E-state index contributed by atoms with van der Waals surface area (Å²) in [6.07, 6.45) is 4.51. The van der Waals surface area contributed by atoms with Crippen molar-refractivity contribution in [1.29, 1.82) is 0 Å². The molecule has 0 bridgehead atoms. The highest BCUT2D eigenvalue weighted by molar-refractivity contribution is 9.10. The SMILES string of the molecule is CCC(C)(C)N/N=C/c1ccc(Br)cn1. The lowest BCUT2D eigenvalue weighted by Gasteiger charge is -2.21. The Hall–Kier alpha value is -0.900. The highest BCUT2D eigenvalue weighted by Crippen LogP contribution is 2.07. The van der Waals surface area contributed by atoms with Gasteiger partial charge in [0.15, 0.2) is 0 Å². The van der Waals surface area contributed by atoms with Crippen LogP contribution in [0.1, 0.15) is 32.9 Å². The summed E-state index contributed by atoms with van der Waals surface area (Å²) in [6.45, 7) is 6.35. The zero-order valence-electron chi connectivity index (χ0n) is 9.29. The molecule has 0 radical (unpaired) electrons. The van der Waals surface area contributed by atoms with Gasteiger partial charge in [0.05, 0.1) is 11.9 Å². The van der Waals surface area contributed by atoms with Gasteiger partial charge in [-0.25, -0.2) is 0 Å². The van der Waals surface area contributed by atoms with E-state index in [2.05, 4.69) is 52.2 Å². The third-order valence-electron chi connectivity index (χ3n) is 2.20. The molecule has 4 heteroatoms. The largest absolute Gasteiger partial charge is 0.304 e. The Morgan fingerprint density at radius 2 is 2.27 bits per heavy atom. The Balaban J connectivity index is 2.55. The van der Waals surface area contributed by atoms with Crippen molar-refractivity contribution >= 4 is 22.1 Å². The van der Waals surface area contributed by atoms with Gasteiger partial charge in [-0.1, -0.05) is 6.92 Å². The number of hydrazone groups is 1. The van der Waals surface area contributed by atoms with Gasteiger partial charge >= 0.3 is 0 Å². The van der Waals surface area contributed by atoms with E-state index in [0.29, 0.717) is 0 Å². The van der Waals surface area contributed by atoms with E-state index in [4.69, 9.17) is 0 Å². The third kappa shape index (κ3) is 4.42. The Labute approximate surface area is 99.1 Å². The first-order valence-corrected chi connectivity index (χ1v) is 5.74. The van der Waals surface area contributed by atoms with Gasteiger partial charge in [-0.2, -0.15) is 5.10 Å². The van der Waals surface area contributed by atoms with Gasteiger partial charge in [0, 0.05) is 16.2 Å². The predicted octanol–water partition coefficient (Wildman–Crippen LogP) is 2.96. The first kappa shape index (κ1) is 12.2. The van der Waals surface area contributed by atoms with Crippen LogP contribution in [-0.2, 0) is 0 Å². The van der Waals surface area contributed by atoms with Crippen molar-refractivity contribution in [3.05, 3.63) is 28.5 Å². The summed E-state index contributed by atoms with van der Waals surface area (Å²) in [5, 5.41) is 4.16. The number of hydrogen-bond acceptors (Lipinski definition) is 3. The van der Waals surface area contributed by atoms with E-state index in [1.807, 2.05) is 12.1 Å². The van der Waals surface area contributed by atoms with E-state index < -0.39 is 0 Å². The number of nitrogens with one attached hydrogen (secondary N) is 1. The van der Waals surface area contributed by atoms with Crippen molar-refractivity contribution in [3.8, 4) is 0 Å². The van der Waals surface area contributed by atoms with Gasteiger partial charge in [-0.3, -0.25) is 4.98 Å². The fourth-order valence-electron chi connectivity index (χ4n) is 0.816. The fraction of sp³-hybridized carbons (Fsp3) is 0.455. The van der Waals surface area contributed by atoms with E-state index >= 15 is 0 Å². The summed E-state index contributed by atoms with van der Waals surface area (Å²) >= 11 is 3.33. The first-order chi connectivity index (χ1) is 7.03. The second kappa shape index (κ2) is 5.26. The van der Waals surface area contributed by atoms with E-state index in [1.165, 1.54) is 0 Å². The van der Waals surface area contributed by atoms with E-state index in [9.17, 15) is 0 Å². The minimum atomic E-state index is 0.0336. The van der Waals surface area contributed by atoms with Crippen LogP contribution in [0.5, 0.6) is 0 Å². The number of hydrogen-bond donors (Lipinski definition) is 1. The molecule has 0 atom stereocenters. The van der Waals surface area contributed by atoms with Crippen molar-refractivity contribution in [3.63, 3.8) is 0 Å². The molecular formula is C11H16BrN3. The number of nitrogens with zero attached hydrogens (tertiary/aromatic N) is 2. The number of rotatable bonds is 4. The Morgan fingerprint density at radius 1 is 1.53 bits per heavy atom. The number of halogens is 1. The molecular weight excluding hydrogens is 254 g/mol. The summed E-state index contributed by atoms with van der Waals surface area (Å²) in [5.74, 6) is 0.